The molecule has 1 aromatic rings. The van der Waals surface area contributed by atoms with Crippen molar-refractivity contribution in [2.75, 3.05) is 6.54 Å². The summed E-state index contributed by atoms with van der Waals surface area (Å²) < 4.78 is 22.8. The van der Waals surface area contributed by atoms with Crippen molar-refractivity contribution in [1.82, 2.24) is 4.90 Å². The van der Waals surface area contributed by atoms with E-state index in [0.717, 1.165) is 19.3 Å². The Bertz CT molecular complexity index is 588. The third-order valence-corrected chi connectivity index (χ3v) is 5.31. The second-order valence-corrected chi connectivity index (χ2v) is 7.59. The number of amides is 1. The molecule has 2 N–H and O–H groups in total. The fraction of sp³-hybridized carbons (Fsp3) is 0.583. The average molecular weight is 302 g/mol. The van der Waals surface area contributed by atoms with Crippen LogP contribution in [0, 0.1) is 6.92 Å². The van der Waals surface area contributed by atoms with Crippen LogP contribution in [0.15, 0.2) is 11.0 Å². The first-order valence-electron chi connectivity index (χ1n) is 6.28. The van der Waals surface area contributed by atoms with E-state index in [-0.39, 0.29) is 10.8 Å². The number of hydrogen-bond donors (Lipinski definition) is 1. The third kappa shape index (κ3) is 3.16. The Balaban J connectivity index is 2.28. The summed E-state index contributed by atoms with van der Waals surface area (Å²) in [7, 11) is -3.75. The Morgan fingerprint density at radius 2 is 2.16 bits per heavy atom. The highest BCUT2D eigenvalue weighted by Gasteiger charge is 2.33. The first kappa shape index (κ1) is 14.5. The van der Waals surface area contributed by atoms with Crippen molar-refractivity contribution in [1.29, 1.82) is 0 Å². The lowest BCUT2D eigenvalue weighted by Gasteiger charge is -2.20. The fourth-order valence-corrected chi connectivity index (χ4v) is 4.17. The highest BCUT2D eigenvalue weighted by Crippen LogP contribution is 2.31. The summed E-state index contributed by atoms with van der Waals surface area (Å²) in [5.74, 6) is -0.0765. The van der Waals surface area contributed by atoms with E-state index < -0.39 is 10.0 Å². The van der Waals surface area contributed by atoms with Gasteiger partial charge in [-0.2, -0.15) is 0 Å². The molecule has 7 heteroatoms. The predicted octanol–water partition coefficient (Wildman–Crippen LogP) is 1.72. The Morgan fingerprint density at radius 1 is 1.53 bits per heavy atom. The average Bonchev–Trinajstić information content (AvgIpc) is 3.06. The number of nitrogens with zero attached hydrogens (tertiary/aromatic N) is 1. The molecule has 1 saturated carbocycles. The third-order valence-electron chi connectivity index (χ3n) is 3.10. The Morgan fingerprint density at radius 3 is 2.58 bits per heavy atom. The summed E-state index contributed by atoms with van der Waals surface area (Å²) in [5.41, 5.74) is 0. The van der Waals surface area contributed by atoms with Gasteiger partial charge in [-0.1, -0.05) is 6.92 Å². The molecule has 1 amide bonds. The smallest absolute Gasteiger partial charge is 0.264 e. The lowest BCUT2D eigenvalue weighted by molar-refractivity contribution is 0.0748. The fourth-order valence-electron chi connectivity index (χ4n) is 2.07. The molecular weight excluding hydrogens is 284 g/mol. The molecule has 0 aromatic carbocycles. The monoisotopic (exact) mass is 302 g/mol. The Hall–Kier alpha value is -0.920. The van der Waals surface area contributed by atoms with E-state index in [1.807, 2.05) is 11.8 Å². The summed E-state index contributed by atoms with van der Waals surface area (Å²) in [6.45, 7) is 4.41. The zero-order valence-corrected chi connectivity index (χ0v) is 12.7. The van der Waals surface area contributed by atoms with E-state index in [0.29, 0.717) is 22.3 Å². The molecule has 1 aromatic heterocycles. The summed E-state index contributed by atoms with van der Waals surface area (Å²) in [6.07, 6.45) is 2.98. The maximum absolute atomic E-state index is 12.4. The van der Waals surface area contributed by atoms with Gasteiger partial charge in [-0.3, -0.25) is 4.79 Å². The minimum absolute atomic E-state index is 0.0631. The molecule has 0 saturated heterocycles. The number of thiophene rings is 1. The molecule has 0 atom stereocenters. The normalized spacial score (nSPS) is 15.5. The van der Waals surface area contributed by atoms with E-state index in [2.05, 4.69) is 0 Å². The van der Waals surface area contributed by atoms with Crippen LogP contribution in [0.25, 0.3) is 0 Å². The van der Waals surface area contributed by atoms with Gasteiger partial charge in [-0.25, -0.2) is 13.6 Å². The minimum atomic E-state index is -3.75. The van der Waals surface area contributed by atoms with Gasteiger partial charge in [-0.15, -0.1) is 11.3 Å². The first-order chi connectivity index (χ1) is 8.84. The van der Waals surface area contributed by atoms with Crippen molar-refractivity contribution < 1.29 is 13.2 Å². The van der Waals surface area contributed by atoms with Crippen LogP contribution in [0.5, 0.6) is 0 Å². The summed E-state index contributed by atoms with van der Waals surface area (Å²) >= 11 is 1.20. The van der Waals surface area contributed by atoms with Crippen molar-refractivity contribution >= 4 is 27.3 Å². The number of rotatable bonds is 5. The highest BCUT2D eigenvalue weighted by atomic mass is 32.2. The molecule has 0 bridgehead atoms. The number of sulfonamides is 1. The maximum Gasteiger partial charge on any atom is 0.264 e. The molecule has 5 nitrogen and oxygen atoms in total. The van der Waals surface area contributed by atoms with Crippen LogP contribution in [-0.4, -0.2) is 31.8 Å². The van der Waals surface area contributed by atoms with Gasteiger partial charge in [0.1, 0.15) is 0 Å². The van der Waals surface area contributed by atoms with Crippen LogP contribution in [0.1, 0.15) is 40.7 Å². The molecule has 1 fully saturated rings. The molecule has 106 valence electrons. The zero-order chi connectivity index (χ0) is 14.2. The van der Waals surface area contributed by atoms with Gasteiger partial charge in [0.2, 0.25) is 10.0 Å². The Kier molecular flexibility index (Phi) is 3.98. The molecule has 0 aliphatic heterocycles. The number of hydrogen-bond acceptors (Lipinski definition) is 4. The second-order valence-electron chi connectivity index (χ2n) is 4.81. The van der Waals surface area contributed by atoms with Crippen LogP contribution in [-0.2, 0) is 10.0 Å². The van der Waals surface area contributed by atoms with Gasteiger partial charge in [0.05, 0.1) is 9.77 Å². The molecule has 1 heterocycles. The lowest BCUT2D eigenvalue weighted by atomic mass is 10.3. The van der Waals surface area contributed by atoms with Gasteiger partial charge in [0.25, 0.3) is 5.91 Å². The molecule has 0 unspecified atom stereocenters. The van der Waals surface area contributed by atoms with Crippen molar-refractivity contribution in [2.24, 2.45) is 5.14 Å². The van der Waals surface area contributed by atoms with Gasteiger partial charge in [-0.05, 0) is 32.3 Å². The Labute approximate surface area is 117 Å². The first-order valence-corrected chi connectivity index (χ1v) is 8.65. The van der Waals surface area contributed by atoms with Gasteiger partial charge in [0, 0.05) is 17.5 Å². The standard InChI is InChI=1S/C12H18N2O3S2/c1-3-6-14(9-4-5-9)12(15)10-7-11(8(2)18-10)19(13,16)17/h7,9H,3-6H2,1-2H3,(H2,13,16,17). The van der Waals surface area contributed by atoms with E-state index in [9.17, 15) is 13.2 Å². The SMILES string of the molecule is CCCN(C(=O)c1cc(S(N)(=O)=O)c(C)s1)C1CC1. The van der Waals surface area contributed by atoms with Crippen molar-refractivity contribution in [3.05, 3.63) is 15.8 Å². The number of carbonyl (C=O) groups is 1. The largest absolute Gasteiger partial charge is 0.335 e. The van der Waals surface area contributed by atoms with Crippen LogP contribution in [0.4, 0.5) is 0 Å². The van der Waals surface area contributed by atoms with Gasteiger partial charge >= 0.3 is 0 Å². The minimum Gasteiger partial charge on any atom is -0.335 e. The van der Waals surface area contributed by atoms with E-state index >= 15 is 0 Å². The van der Waals surface area contributed by atoms with Gasteiger partial charge in [0.15, 0.2) is 0 Å². The van der Waals surface area contributed by atoms with Crippen LogP contribution in [0.3, 0.4) is 0 Å². The van der Waals surface area contributed by atoms with Crippen LogP contribution >= 0.6 is 11.3 Å². The quantitative estimate of drug-likeness (QED) is 0.899. The molecule has 0 radical (unpaired) electrons. The van der Waals surface area contributed by atoms with Gasteiger partial charge < -0.3 is 4.90 Å². The second kappa shape index (κ2) is 5.22. The van der Waals surface area contributed by atoms with Crippen LogP contribution < -0.4 is 5.14 Å². The number of primary sulfonamides is 1. The molecule has 19 heavy (non-hydrogen) atoms. The molecule has 0 spiro atoms. The summed E-state index contributed by atoms with van der Waals surface area (Å²) in [5, 5.41) is 5.13. The predicted molar refractivity (Wildman–Crippen MR) is 74.8 cm³/mol. The lowest BCUT2D eigenvalue weighted by Crippen LogP contribution is -2.33. The number of carbonyl (C=O) groups excluding carboxylic acids is 1. The summed E-state index contributed by atoms with van der Waals surface area (Å²) in [4.78, 5) is 15.3. The molecule has 1 aliphatic rings. The highest BCUT2D eigenvalue weighted by molar-refractivity contribution is 7.89. The number of nitrogens with two attached hydrogens (primary N) is 1. The van der Waals surface area contributed by atoms with Crippen molar-refractivity contribution in [3.63, 3.8) is 0 Å². The maximum atomic E-state index is 12.4. The van der Waals surface area contributed by atoms with E-state index in [1.165, 1.54) is 17.4 Å². The van der Waals surface area contributed by atoms with Crippen molar-refractivity contribution in [3.8, 4) is 0 Å². The molecule has 1 aliphatic carbocycles. The zero-order valence-electron chi connectivity index (χ0n) is 11.0. The topological polar surface area (TPSA) is 80.5 Å². The molecule has 2 rings (SSSR count). The van der Waals surface area contributed by atoms with E-state index in [1.54, 1.807) is 6.92 Å². The van der Waals surface area contributed by atoms with Crippen molar-refractivity contribution in [2.45, 2.75) is 44.0 Å². The van der Waals surface area contributed by atoms with E-state index in [4.69, 9.17) is 5.14 Å². The summed E-state index contributed by atoms with van der Waals surface area (Å²) in [6, 6.07) is 1.73. The van der Waals surface area contributed by atoms with Crippen LogP contribution in [0.2, 0.25) is 0 Å². The number of aryl methyl sites for hydroxylation is 1. The molecular formula is C12H18N2O3S2.